The normalized spacial score (nSPS) is 17.3. The molecule has 0 amide bonds. The molecule has 6 nitrogen and oxygen atoms in total. The third kappa shape index (κ3) is 3.60. The highest BCUT2D eigenvalue weighted by Crippen LogP contribution is 2.29. The zero-order valence-corrected chi connectivity index (χ0v) is 15.5. The monoisotopic (exact) mass is 367 g/mol. The molecule has 0 radical (unpaired) electrons. The molecule has 1 fully saturated rings. The van der Waals surface area contributed by atoms with Crippen molar-refractivity contribution < 1.29 is 9.18 Å². The average Bonchev–Trinajstić information content (AvgIpc) is 3.10. The Labute approximate surface area is 157 Å². The summed E-state index contributed by atoms with van der Waals surface area (Å²) in [6, 6.07) is 3.80. The molecular formula is C20H22FN5O. The van der Waals surface area contributed by atoms with Gasteiger partial charge in [0.25, 0.3) is 0 Å². The van der Waals surface area contributed by atoms with E-state index in [0.29, 0.717) is 18.8 Å². The minimum atomic E-state index is -1.73. The molecule has 4 rings (SSSR count). The summed E-state index contributed by atoms with van der Waals surface area (Å²) in [6.45, 7) is 1.21. The minimum absolute atomic E-state index is 0.0146. The number of rotatable bonds is 4. The first kappa shape index (κ1) is 17.7. The Hall–Kier alpha value is -2.67. The summed E-state index contributed by atoms with van der Waals surface area (Å²) >= 11 is 0. The number of alkyl halides is 1. The first-order valence-electron chi connectivity index (χ1n) is 9.07. The van der Waals surface area contributed by atoms with Crippen molar-refractivity contribution in [3.63, 3.8) is 0 Å². The average molecular weight is 367 g/mol. The van der Waals surface area contributed by atoms with Gasteiger partial charge in [-0.15, -0.1) is 0 Å². The lowest BCUT2D eigenvalue weighted by atomic mass is 9.87. The molecule has 0 N–H and O–H groups in total. The van der Waals surface area contributed by atoms with E-state index in [1.807, 2.05) is 37.3 Å². The maximum Gasteiger partial charge on any atom is 0.175 e. The fourth-order valence-corrected chi connectivity index (χ4v) is 3.47. The van der Waals surface area contributed by atoms with Crippen molar-refractivity contribution in [2.75, 3.05) is 20.1 Å². The molecule has 0 aromatic carbocycles. The first-order valence-corrected chi connectivity index (χ1v) is 9.07. The molecular weight excluding hydrogens is 345 g/mol. The van der Waals surface area contributed by atoms with Crippen LogP contribution in [0.4, 0.5) is 4.39 Å². The Bertz CT molecular complexity index is 991. The van der Waals surface area contributed by atoms with Crippen molar-refractivity contribution in [3.05, 3.63) is 42.6 Å². The van der Waals surface area contributed by atoms with Gasteiger partial charge < -0.3 is 4.90 Å². The Morgan fingerprint density at radius 3 is 2.56 bits per heavy atom. The predicted molar refractivity (Wildman–Crippen MR) is 101 cm³/mol. The van der Waals surface area contributed by atoms with E-state index in [-0.39, 0.29) is 25.0 Å². The molecule has 7 heteroatoms. The molecule has 0 saturated carbocycles. The lowest BCUT2D eigenvalue weighted by Crippen LogP contribution is -2.45. The second kappa shape index (κ2) is 6.81. The zero-order valence-electron chi connectivity index (χ0n) is 15.5. The van der Waals surface area contributed by atoms with Crippen LogP contribution in [0.25, 0.3) is 22.0 Å². The van der Waals surface area contributed by atoms with Crippen LogP contribution < -0.4 is 0 Å². The summed E-state index contributed by atoms with van der Waals surface area (Å²) < 4.78 is 16.7. The highest BCUT2D eigenvalue weighted by molar-refractivity contribution is 5.90. The fraction of sp³-hybridized carbons (Fsp3) is 0.400. The molecule has 0 bridgehead atoms. The molecule has 1 saturated heterocycles. The zero-order chi connectivity index (χ0) is 19.0. The molecule has 0 aliphatic carbocycles. The summed E-state index contributed by atoms with van der Waals surface area (Å²) in [7, 11) is 3.80. The van der Waals surface area contributed by atoms with Crippen molar-refractivity contribution in [1.82, 2.24) is 24.6 Å². The molecule has 4 heterocycles. The molecule has 3 aromatic rings. The van der Waals surface area contributed by atoms with Gasteiger partial charge in [-0.3, -0.25) is 19.4 Å². The maximum absolute atomic E-state index is 15.0. The Kier molecular flexibility index (Phi) is 4.47. The summed E-state index contributed by atoms with van der Waals surface area (Å²) in [5.74, 6) is -0.371. The largest absolute Gasteiger partial charge is 0.306 e. The van der Waals surface area contributed by atoms with Crippen molar-refractivity contribution in [2.45, 2.75) is 24.9 Å². The van der Waals surface area contributed by atoms with Crippen molar-refractivity contribution in [2.24, 2.45) is 7.05 Å². The topological polar surface area (TPSA) is 63.9 Å². The highest BCUT2D eigenvalue weighted by Gasteiger charge is 2.40. The molecule has 3 aromatic heterocycles. The van der Waals surface area contributed by atoms with Gasteiger partial charge in [-0.05, 0) is 24.6 Å². The van der Waals surface area contributed by atoms with Gasteiger partial charge in [0.15, 0.2) is 11.5 Å². The third-order valence-electron chi connectivity index (χ3n) is 5.28. The number of ketones is 1. The summed E-state index contributed by atoms with van der Waals surface area (Å²) in [4.78, 5) is 23.4. The standard InChI is InChI=1S/C20H22FN5O/c1-25-5-3-20(21,4-6-25)19(27)9-17-7-14-8-18(16-12-24-26(2)13-16)23-11-15(14)10-22-17/h7-8,10-13H,3-6,9H2,1-2H3. The van der Waals surface area contributed by atoms with Crippen LogP contribution >= 0.6 is 0 Å². The summed E-state index contributed by atoms with van der Waals surface area (Å²) in [5, 5.41) is 5.98. The molecule has 0 unspecified atom stereocenters. The van der Waals surface area contributed by atoms with Crippen LogP contribution in [0.3, 0.4) is 0 Å². The number of carbonyl (C=O) groups is 1. The Balaban J connectivity index is 1.58. The van der Waals surface area contributed by atoms with Crippen LogP contribution in [-0.4, -0.2) is 56.2 Å². The molecule has 0 spiro atoms. The van der Waals surface area contributed by atoms with Crippen LogP contribution in [0.2, 0.25) is 0 Å². The van der Waals surface area contributed by atoms with E-state index in [9.17, 15) is 4.79 Å². The number of pyridine rings is 2. The number of Topliss-reactive ketones (excluding diaryl/α,β-unsaturated/α-hetero) is 1. The van der Waals surface area contributed by atoms with Crippen molar-refractivity contribution in [3.8, 4) is 11.3 Å². The van der Waals surface area contributed by atoms with E-state index in [0.717, 1.165) is 22.0 Å². The number of hydrogen-bond acceptors (Lipinski definition) is 5. The molecule has 1 aliphatic rings. The fourth-order valence-electron chi connectivity index (χ4n) is 3.47. The number of halogens is 1. The SMILES string of the molecule is CN1CCC(F)(C(=O)Cc2cc3cc(-c4cnn(C)c4)ncc3cn2)CC1. The van der Waals surface area contributed by atoms with Gasteiger partial charge >= 0.3 is 0 Å². The van der Waals surface area contributed by atoms with Crippen LogP contribution in [0.5, 0.6) is 0 Å². The predicted octanol–water partition coefficient (Wildman–Crippen LogP) is 2.58. The minimum Gasteiger partial charge on any atom is -0.306 e. The number of piperidine rings is 1. The van der Waals surface area contributed by atoms with Crippen LogP contribution in [-0.2, 0) is 18.3 Å². The number of fused-ring (bicyclic) bond motifs is 1. The van der Waals surface area contributed by atoms with Gasteiger partial charge in [0.1, 0.15) is 0 Å². The quantitative estimate of drug-likeness (QED) is 0.709. The van der Waals surface area contributed by atoms with E-state index in [4.69, 9.17) is 0 Å². The van der Waals surface area contributed by atoms with Crippen molar-refractivity contribution in [1.29, 1.82) is 0 Å². The van der Waals surface area contributed by atoms with Gasteiger partial charge in [0.2, 0.25) is 0 Å². The third-order valence-corrected chi connectivity index (χ3v) is 5.28. The van der Waals surface area contributed by atoms with Gasteiger partial charge in [0.05, 0.1) is 18.3 Å². The Morgan fingerprint density at radius 1 is 1.11 bits per heavy atom. The van der Waals surface area contributed by atoms with Gasteiger partial charge in [0, 0.05) is 68.2 Å². The number of carbonyl (C=O) groups excluding carboxylic acids is 1. The van der Waals surface area contributed by atoms with Crippen molar-refractivity contribution >= 4 is 16.6 Å². The molecule has 0 atom stereocenters. The summed E-state index contributed by atoms with van der Waals surface area (Å²) in [6.07, 6.45) is 7.62. The number of aryl methyl sites for hydroxylation is 1. The van der Waals surface area contributed by atoms with Gasteiger partial charge in [-0.1, -0.05) is 0 Å². The molecule has 140 valence electrons. The second-order valence-corrected chi connectivity index (χ2v) is 7.36. The van der Waals surface area contributed by atoms with Crippen LogP contribution in [0, 0.1) is 0 Å². The van der Waals surface area contributed by atoms with E-state index in [1.165, 1.54) is 0 Å². The van der Waals surface area contributed by atoms with Crippen LogP contribution in [0.1, 0.15) is 18.5 Å². The molecule has 27 heavy (non-hydrogen) atoms. The second-order valence-electron chi connectivity index (χ2n) is 7.36. The first-order chi connectivity index (χ1) is 12.9. The smallest absolute Gasteiger partial charge is 0.175 e. The number of aromatic nitrogens is 4. The summed E-state index contributed by atoms with van der Waals surface area (Å²) in [5.41, 5.74) is 0.577. The van der Waals surface area contributed by atoms with E-state index in [1.54, 1.807) is 23.3 Å². The van der Waals surface area contributed by atoms with Gasteiger partial charge in [-0.2, -0.15) is 5.10 Å². The van der Waals surface area contributed by atoms with E-state index < -0.39 is 5.67 Å². The highest BCUT2D eigenvalue weighted by atomic mass is 19.1. The number of likely N-dealkylation sites (tertiary alicyclic amines) is 1. The maximum atomic E-state index is 15.0. The van der Waals surface area contributed by atoms with Gasteiger partial charge in [-0.25, -0.2) is 4.39 Å². The lowest BCUT2D eigenvalue weighted by molar-refractivity contribution is -0.132. The van der Waals surface area contributed by atoms with Crippen LogP contribution in [0.15, 0.2) is 36.9 Å². The van der Waals surface area contributed by atoms with E-state index in [2.05, 4.69) is 15.1 Å². The Morgan fingerprint density at radius 2 is 1.85 bits per heavy atom. The number of hydrogen-bond donors (Lipinski definition) is 0. The molecule has 1 aliphatic heterocycles. The van der Waals surface area contributed by atoms with E-state index >= 15 is 4.39 Å². The number of nitrogens with zero attached hydrogens (tertiary/aromatic N) is 5. The lowest BCUT2D eigenvalue weighted by Gasteiger charge is -2.33.